The molecule has 5 heteroatoms. The van der Waals surface area contributed by atoms with E-state index in [0.29, 0.717) is 0 Å². The van der Waals surface area contributed by atoms with Crippen LogP contribution in [-0.2, 0) is 4.79 Å². The summed E-state index contributed by atoms with van der Waals surface area (Å²) in [6.07, 6.45) is 0. The number of hydrogen-bond donors (Lipinski definition) is 2. The number of halogens is 1. The standard InChI is InChI=1S/C8H7NO3.ClH/c9-6-4-2-1-3-5(6)7(10)8(11)12;/h1-4H,9H2,(H,11,12);1H. The number of anilines is 1. The molecular weight excluding hydrogens is 194 g/mol. The third-order valence-electron chi connectivity index (χ3n) is 1.40. The van der Waals surface area contributed by atoms with Crippen molar-refractivity contribution in [3.05, 3.63) is 29.8 Å². The van der Waals surface area contributed by atoms with E-state index in [1.807, 2.05) is 0 Å². The average Bonchev–Trinajstić information content (AvgIpc) is 2.04. The summed E-state index contributed by atoms with van der Waals surface area (Å²) in [7, 11) is 0. The van der Waals surface area contributed by atoms with Crippen molar-refractivity contribution in [3.8, 4) is 0 Å². The van der Waals surface area contributed by atoms with Crippen LogP contribution >= 0.6 is 12.4 Å². The summed E-state index contributed by atoms with van der Waals surface area (Å²) in [5.41, 5.74) is 5.59. The maximum Gasteiger partial charge on any atom is 0.377 e. The summed E-state index contributed by atoms with van der Waals surface area (Å²) in [5, 5.41) is 8.35. The Morgan fingerprint density at radius 2 is 1.77 bits per heavy atom. The van der Waals surface area contributed by atoms with Crippen LogP contribution in [0, 0.1) is 0 Å². The van der Waals surface area contributed by atoms with Gasteiger partial charge in [0.2, 0.25) is 0 Å². The normalized spacial score (nSPS) is 8.62. The van der Waals surface area contributed by atoms with Gasteiger partial charge in [-0.2, -0.15) is 0 Å². The fraction of sp³-hybridized carbons (Fsp3) is 0. The van der Waals surface area contributed by atoms with Gasteiger partial charge >= 0.3 is 5.97 Å². The number of ketones is 1. The lowest BCUT2D eigenvalue weighted by Gasteiger charge is -1.98. The Balaban J connectivity index is 0.00000144. The van der Waals surface area contributed by atoms with E-state index in [-0.39, 0.29) is 23.7 Å². The Kier molecular flexibility index (Phi) is 3.94. The minimum Gasteiger partial charge on any atom is -0.475 e. The van der Waals surface area contributed by atoms with Crippen molar-refractivity contribution in [1.29, 1.82) is 0 Å². The van der Waals surface area contributed by atoms with Gasteiger partial charge in [-0.05, 0) is 12.1 Å². The molecular formula is C8H8ClNO3. The van der Waals surface area contributed by atoms with Crippen LogP contribution in [0.5, 0.6) is 0 Å². The van der Waals surface area contributed by atoms with Gasteiger partial charge in [-0.25, -0.2) is 4.79 Å². The molecule has 0 radical (unpaired) electrons. The van der Waals surface area contributed by atoms with E-state index in [4.69, 9.17) is 10.8 Å². The van der Waals surface area contributed by atoms with Gasteiger partial charge in [0, 0.05) is 5.69 Å². The predicted molar refractivity (Wildman–Crippen MR) is 50.1 cm³/mol. The van der Waals surface area contributed by atoms with E-state index in [1.165, 1.54) is 12.1 Å². The molecule has 1 aromatic carbocycles. The number of carboxylic acid groups (broad SMARTS) is 1. The van der Waals surface area contributed by atoms with E-state index in [1.54, 1.807) is 12.1 Å². The molecule has 13 heavy (non-hydrogen) atoms. The number of para-hydroxylation sites is 1. The van der Waals surface area contributed by atoms with E-state index < -0.39 is 11.8 Å². The second-order valence-corrected chi connectivity index (χ2v) is 2.22. The molecule has 0 aliphatic heterocycles. The Hall–Kier alpha value is -1.55. The zero-order valence-electron chi connectivity index (χ0n) is 6.56. The highest BCUT2D eigenvalue weighted by Gasteiger charge is 2.15. The monoisotopic (exact) mass is 201 g/mol. The summed E-state index contributed by atoms with van der Waals surface area (Å²) >= 11 is 0. The molecule has 0 saturated heterocycles. The van der Waals surface area contributed by atoms with E-state index in [0.717, 1.165) is 0 Å². The molecule has 4 nitrogen and oxygen atoms in total. The highest BCUT2D eigenvalue weighted by Crippen LogP contribution is 2.10. The van der Waals surface area contributed by atoms with Crippen molar-refractivity contribution in [2.24, 2.45) is 0 Å². The van der Waals surface area contributed by atoms with Gasteiger partial charge in [0.05, 0.1) is 5.56 Å². The molecule has 0 aromatic heterocycles. The van der Waals surface area contributed by atoms with Crippen molar-refractivity contribution >= 4 is 29.8 Å². The summed E-state index contributed by atoms with van der Waals surface area (Å²) in [6, 6.07) is 6.06. The lowest BCUT2D eigenvalue weighted by atomic mass is 10.1. The zero-order chi connectivity index (χ0) is 9.14. The lowest BCUT2D eigenvalue weighted by Crippen LogP contribution is -2.14. The molecule has 0 aliphatic carbocycles. The average molecular weight is 202 g/mol. The van der Waals surface area contributed by atoms with Crippen LogP contribution in [0.1, 0.15) is 10.4 Å². The second kappa shape index (κ2) is 4.47. The molecule has 0 aliphatic rings. The van der Waals surface area contributed by atoms with Crippen LogP contribution in [0.25, 0.3) is 0 Å². The van der Waals surface area contributed by atoms with Gasteiger partial charge < -0.3 is 10.8 Å². The van der Waals surface area contributed by atoms with Gasteiger partial charge in [0.25, 0.3) is 5.78 Å². The number of nitrogen functional groups attached to an aromatic ring is 1. The molecule has 0 saturated carbocycles. The number of benzene rings is 1. The molecule has 3 N–H and O–H groups in total. The van der Waals surface area contributed by atoms with Crippen LogP contribution in [0.15, 0.2) is 24.3 Å². The Labute approximate surface area is 80.8 Å². The molecule has 0 atom stereocenters. The van der Waals surface area contributed by atoms with Crippen molar-refractivity contribution < 1.29 is 14.7 Å². The Morgan fingerprint density at radius 1 is 1.23 bits per heavy atom. The van der Waals surface area contributed by atoms with Gasteiger partial charge in [0.1, 0.15) is 0 Å². The molecule has 0 unspecified atom stereocenters. The van der Waals surface area contributed by atoms with E-state index in [9.17, 15) is 9.59 Å². The van der Waals surface area contributed by atoms with Gasteiger partial charge in [-0.3, -0.25) is 4.79 Å². The molecule has 0 spiro atoms. The molecule has 70 valence electrons. The number of carbonyl (C=O) groups excluding carboxylic acids is 1. The number of carboxylic acids is 1. The molecule has 0 heterocycles. The van der Waals surface area contributed by atoms with E-state index >= 15 is 0 Å². The maximum atomic E-state index is 10.9. The Morgan fingerprint density at radius 3 is 2.23 bits per heavy atom. The van der Waals surface area contributed by atoms with Crippen LogP contribution < -0.4 is 5.73 Å². The van der Waals surface area contributed by atoms with Crippen molar-refractivity contribution in [2.45, 2.75) is 0 Å². The molecule has 0 fully saturated rings. The first kappa shape index (κ1) is 11.4. The number of rotatable bonds is 2. The summed E-state index contributed by atoms with van der Waals surface area (Å²) in [5.74, 6) is -2.47. The van der Waals surface area contributed by atoms with Crippen molar-refractivity contribution in [2.75, 3.05) is 5.73 Å². The first-order chi connectivity index (χ1) is 5.63. The summed E-state index contributed by atoms with van der Waals surface area (Å²) in [6.45, 7) is 0. The van der Waals surface area contributed by atoms with Gasteiger partial charge in [-0.15, -0.1) is 12.4 Å². The minimum absolute atomic E-state index is 0. The number of Topliss-reactive ketones (excluding diaryl/α,β-unsaturated/α-hetero) is 1. The smallest absolute Gasteiger partial charge is 0.377 e. The summed E-state index contributed by atoms with van der Waals surface area (Å²) in [4.78, 5) is 21.1. The maximum absolute atomic E-state index is 10.9. The van der Waals surface area contributed by atoms with E-state index in [2.05, 4.69) is 0 Å². The van der Waals surface area contributed by atoms with Crippen LogP contribution in [0.4, 0.5) is 5.69 Å². The number of nitrogens with two attached hydrogens (primary N) is 1. The fourth-order valence-corrected chi connectivity index (χ4v) is 0.819. The third-order valence-corrected chi connectivity index (χ3v) is 1.40. The molecule has 1 rings (SSSR count). The van der Waals surface area contributed by atoms with Crippen LogP contribution in [0.3, 0.4) is 0 Å². The summed E-state index contributed by atoms with van der Waals surface area (Å²) < 4.78 is 0. The second-order valence-electron chi connectivity index (χ2n) is 2.22. The lowest BCUT2D eigenvalue weighted by molar-refractivity contribution is -0.131. The largest absolute Gasteiger partial charge is 0.475 e. The molecule has 1 aromatic rings. The predicted octanol–water partition coefficient (Wildman–Crippen LogP) is 0.958. The topological polar surface area (TPSA) is 80.4 Å². The third kappa shape index (κ3) is 2.45. The van der Waals surface area contributed by atoms with Crippen LogP contribution in [-0.4, -0.2) is 16.9 Å². The SMILES string of the molecule is Cl.Nc1ccccc1C(=O)C(=O)O. The minimum atomic E-state index is -1.49. The van der Waals surface area contributed by atoms with Gasteiger partial charge in [-0.1, -0.05) is 12.1 Å². The quantitative estimate of drug-likeness (QED) is 0.424. The van der Waals surface area contributed by atoms with Crippen LogP contribution in [0.2, 0.25) is 0 Å². The number of hydrogen-bond acceptors (Lipinski definition) is 3. The van der Waals surface area contributed by atoms with Crippen molar-refractivity contribution in [3.63, 3.8) is 0 Å². The highest BCUT2D eigenvalue weighted by atomic mass is 35.5. The van der Waals surface area contributed by atoms with Gasteiger partial charge in [0.15, 0.2) is 0 Å². The fourth-order valence-electron chi connectivity index (χ4n) is 0.819. The molecule has 0 bridgehead atoms. The first-order valence-corrected chi connectivity index (χ1v) is 3.25. The first-order valence-electron chi connectivity index (χ1n) is 3.25. The Bertz CT molecular complexity index is 338. The molecule has 0 amide bonds. The number of aliphatic carboxylic acids is 1. The zero-order valence-corrected chi connectivity index (χ0v) is 7.38. The van der Waals surface area contributed by atoms with Crippen molar-refractivity contribution in [1.82, 2.24) is 0 Å². The number of carbonyl (C=O) groups is 2. The highest BCUT2D eigenvalue weighted by molar-refractivity contribution is 6.41.